The Hall–Kier alpha value is -3.05. The maximum Gasteiger partial charge on any atom is 0.266 e. The minimum atomic E-state index is -0.551. The fourth-order valence-corrected chi connectivity index (χ4v) is 2.59. The summed E-state index contributed by atoms with van der Waals surface area (Å²) in [5, 5.41) is 21.1. The van der Waals surface area contributed by atoms with E-state index in [0.717, 1.165) is 9.13 Å². The summed E-state index contributed by atoms with van der Waals surface area (Å²) in [4.78, 5) is 12.2. The highest BCUT2D eigenvalue weighted by Gasteiger charge is 2.11. The van der Waals surface area contributed by atoms with Gasteiger partial charge in [-0.2, -0.15) is 5.26 Å². The molecule has 3 aromatic rings. The summed E-state index contributed by atoms with van der Waals surface area (Å²) in [5.41, 5.74) is 1.31. The Labute approximate surface area is 163 Å². The second-order valence-corrected chi connectivity index (χ2v) is 6.63. The van der Waals surface area contributed by atoms with Gasteiger partial charge in [0.15, 0.2) is 0 Å². The number of carbonyl (C=O) groups is 1. The lowest BCUT2D eigenvalue weighted by molar-refractivity contribution is -0.112. The average Bonchev–Trinajstić information content (AvgIpc) is 3.11. The largest absolute Gasteiger partial charge is 0.508 e. The van der Waals surface area contributed by atoms with Crippen LogP contribution in [0.5, 0.6) is 5.75 Å². The molecule has 0 atom stereocenters. The lowest BCUT2D eigenvalue weighted by atomic mass is 10.2. The van der Waals surface area contributed by atoms with Crippen molar-refractivity contribution in [1.82, 2.24) is 0 Å². The van der Waals surface area contributed by atoms with Gasteiger partial charge in [-0.05, 0) is 71.1 Å². The van der Waals surface area contributed by atoms with Gasteiger partial charge in [0.1, 0.15) is 28.9 Å². The molecule has 0 radical (unpaired) electrons. The highest BCUT2D eigenvalue weighted by molar-refractivity contribution is 14.1. The second kappa shape index (κ2) is 7.89. The zero-order valence-electron chi connectivity index (χ0n) is 13.4. The van der Waals surface area contributed by atoms with E-state index >= 15 is 0 Å². The molecule has 0 fully saturated rings. The molecule has 26 heavy (non-hydrogen) atoms. The number of halogens is 1. The van der Waals surface area contributed by atoms with Crippen molar-refractivity contribution in [1.29, 1.82) is 5.26 Å². The molecule has 0 aliphatic heterocycles. The number of benzene rings is 2. The molecule has 1 heterocycles. The summed E-state index contributed by atoms with van der Waals surface area (Å²) >= 11 is 2.23. The van der Waals surface area contributed by atoms with Gasteiger partial charge in [-0.1, -0.05) is 12.1 Å². The van der Waals surface area contributed by atoms with E-state index in [1.165, 1.54) is 18.2 Å². The van der Waals surface area contributed by atoms with Crippen molar-refractivity contribution in [2.45, 2.75) is 0 Å². The summed E-state index contributed by atoms with van der Waals surface area (Å²) in [6.45, 7) is 0. The summed E-state index contributed by atoms with van der Waals surface area (Å²) in [5.74, 6) is 0.614. The van der Waals surface area contributed by atoms with Crippen molar-refractivity contribution >= 4 is 40.3 Å². The molecule has 0 spiro atoms. The van der Waals surface area contributed by atoms with Crippen LogP contribution in [0.2, 0.25) is 0 Å². The summed E-state index contributed by atoms with van der Waals surface area (Å²) in [7, 11) is 0. The van der Waals surface area contributed by atoms with E-state index in [0.29, 0.717) is 17.2 Å². The van der Waals surface area contributed by atoms with E-state index in [1.54, 1.807) is 24.3 Å². The monoisotopic (exact) mass is 456 g/mol. The number of phenols is 1. The van der Waals surface area contributed by atoms with E-state index < -0.39 is 5.91 Å². The lowest BCUT2D eigenvalue weighted by Gasteiger charge is -2.03. The number of carbonyl (C=O) groups excluding carboxylic acids is 1. The van der Waals surface area contributed by atoms with E-state index in [1.807, 2.05) is 30.3 Å². The van der Waals surface area contributed by atoms with Gasteiger partial charge in [0.2, 0.25) is 0 Å². The average molecular weight is 456 g/mol. The first kappa shape index (κ1) is 17.8. The van der Waals surface area contributed by atoms with Crippen LogP contribution in [0, 0.1) is 14.9 Å². The predicted molar refractivity (Wildman–Crippen MR) is 107 cm³/mol. The third-order valence-electron chi connectivity index (χ3n) is 3.53. The van der Waals surface area contributed by atoms with Gasteiger partial charge in [-0.3, -0.25) is 4.79 Å². The van der Waals surface area contributed by atoms with Gasteiger partial charge in [-0.25, -0.2) is 0 Å². The zero-order chi connectivity index (χ0) is 18.5. The number of anilines is 1. The van der Waals surface area contributed by atoms with Crippen LogP contribution in [0.4, 0.5) is 5.69 Å². The van der Waals surface area contributed by atoms with Crippen LogP contribution in [0.1, 0.15) is 5.76 Å². The first-order chi connectivity index (χ1) is 12.5. The third-order valence-corrected chi connectivity index (χ3v) is 4.25. The molecule has 6 heteroatoms. The van der Waals surface area contributed by atoms with Crippen LogP contribution in [0.3, 0.4) is 0 Å². The topological polar surface area (TPSA) is 86.3 Å². The van der Waals surface area contributed by atoms with Crippen LogP contribution in [-0.4, -0.2) is 11.0 Å². The summed E-state index contributed by atoms with van der Waals surface area (Å²) in [6, 6.07) is 19.2. The van der Waals surface area contributed by atoms with E-state index in [-0.39, 0.29) is 11.3 Å². The van der Waals surface area contributed by atoms with E-state index in [4.69, 9.17) is 4.42 Å². The Morgan fingerprint density at radius 1 is 1.08 bits per heavy atom. The maximum absolute atomic E-state index is 12.2. The zero-order valence-corrected chi connectivity index (χ0v) is 15.6. The number of amides is 1. The molecule has 1 amide bonds. The van der Waals surface area contributed by atoms with Crippen molar-refractivity contribution in [3.63, 3.8) is 0 Å². The van der Waals surface area contributed by atoms with Crippen molar-refractivity contribution < 1.29 is 14.3 Å². The van der Waals surface area contributed by atoms with Crippen LogP contribution in [0.25, 0.3) is 17.4 Å². The standard InChI is InChI=1S/C20H13IN2O3/c21-15-3-1-13(2-4-15)19-10-9-18(26-19)11-14(12-22)20(25)23-16-5-7-17(24)8-6-16/h1-11,24H,(H,23,25)/b14-11+. The van der Waals surface area contributed by atoms with Gasteiger partial charge in [0.05, 0.1) is 0 Å². The summed E-state index contributed by atoms with van der Waals surface area (Å²) in [6.07, 6.45) is 1.39. The van der Waals surface area contributed by atoms with E-state index in [9.17, 15) is 15.2 Å². The molecule has 1 aromatic heterocycles. The van der Waals surface area contributed by atoms with Crippen molar-refractivity contribution in [3.8, 4) is 23.1 Å². The summed E-state index contributed by atoms with van der Waals surface area (Å²) < 4.78 is 6.84. The van der Waals surface area contributed by atoms with Gasteiger partial charge in [0.25, 0.3) is 5.91 Å². The molecule has 0 saturated heterocycles. The Balaban J connectivity index is 1.78. The Morgan fingerprint density at radius 3 is 2.42 bits per heavy atom. The van der Waals surface area contributed by atoms with Crippen LogP contribution in [0.15, 0.2) is 70.7 Å². The minimum Gasteiger partial charge on any atom is -0.508 e. The van der Waals surface area contributed by atoms with Gasteiger partial charge < -0.3 is 14.8 Å². The number of nitrogens with one attached hydrogen (secondary N) is 1. The second-order valence-electron chi connectivity index (χ2n) is 5.38. The Morgan fingerprint density at radius 2 is 1.77 bits per heavy atom. The molecule has 0 saturated carbocycles. The first-order valence-electron chi connectivity index (χ1n) is 7.63. The number of rotatable bonds is 4. The molecule has 2 aromatic carbocycles. The van der Waals surface area contributed by atoms with Crippen LogP contribution >= 0.6 is 22.6 Å². The van der Waals surface area contributed by atoms with Gasteiger partial charge >= 0.3 is 0 Å². The Kier molecular flexibility index (Phi) is 5.39. The third kappa shape index (κ3) is 4.32. The molecule has 0 aliphatic rings. The molecular weight excluding hydrogens is 443 g/mol. The number of furan rings is 1. The van der Waals surface area contributed by atoms with Gasteiger partial charge in [-0.15, -0.1) is 0 Å². The smallest absolute Gasteiger partial charge is 0.266 e. The number of phenolic OH excluding ortho intramolecular Hbond substituents is 1. The highest BCUT2D eigenvalue weighted by atomic mass is 127. The number of aromatic hydroxyl groups is 1. The quantitative estimate of drug-likeness (QED) is 0.256. The van der Waals surface area contributed by atoms with Crippen LogP contribution in [-0.2, 0) is 4.79 Å². The molecule has 2 N–H and O–H groups in total. The predicted octanol–water partition coefficient (Wildman–Crippen LogP) is 4.80. The molecule has 5 nitrogen and oxygen atoms in total. The van der Waals surface area contributed by atoms with Crippen molar-refractivity contribution in [3.05, 3.63) is 75.6 Å². The van der Waals surface area contributed by atoms with Crippen molar-refractivity contribution in [2.75, 3.05) is 5.32 Å². The fraction of sp³-hybridized carbons (Fsp3) is 0. The molecule has 128 valence electrons. The molecule has 0 aliphatic carbocycles. The normalized spacial score (nSPS) is 11.0. The van der Waals surface area contributed by atoms with Gasteiger partial charge in [0, 0.05) is 20.9 Å². The SMILES string of the molecule is N#C/C(=C\c1ccc(-c2ccc(I)cc2)o1)C(=O)Nc1ccc(O)cc1. The molecule has 3 rings (SSSR count). The molecular formula is C20H13IN2O3. The molecule has 0 unspecified atom stereocenters. The molecule has 0 bridgehead atoms. The number of hydrogen-bond acceptors (Lipinski definition) is 4. The fourth-order valence-electron chi connectivity index (χ4n) is 2.23. The van der Waals surface area contributed by atoms with E-state index in [2.05, 4.69) is 27.9 Å². The first-order valence-corrected chi connectivity index (χ1v) is 8.71. The maximum atomic E-state index is 12.2. The number of hydrogen-bond donors (Lipinski definition) is 2. The minimum absolute atomic E-state index is 0.0819. The number of nitriles is 1. The number of nitrogens with zero attached hydrogens (tertiary/aromatic N) is 1. The lowest BCUT2D eigenvalue weighted by Crippen LogP contribution is -2.13. The Bertz CT molecular complexity index is 997. The highest BCUT2D eigenvalue weighted by Crippen LogP contribution is 2.24. The van der Waals surface area contributed by atoms with Crippen molar-refractivity contribution in [2.24, 2.45) is 0 Å². The van der Waals surface area contributed by atoms with Crippen LogP contribution < -0.4 is 5.32 Å².